The second-order valence-electron chi connectivity index (χ2n) is 6.77. The minimum absolute atomic E-state index is 0.131. The standard InChI is InChI=1S/C21H23Cl2NO4/c1-27-18-6-4-15(14-3-5-16(22)17(23)11-14)20(28-2)19(18)21(26)24-9-7-13(12-24)8-10-25/h3-6,11,13,25H,7-10,12H2,1-2H3. The summed E-state index contributed by atoms with van der Waals surface area (Å²) < 4.78 is 11.1. The SMILES string of the molecule is COc1ccc(-c2ccc(Cl)c(Cl)c2)c(OC)c1C(=O)N1CCC(CCO)C1. The van der Waals surface area contributed by atoms with Gasteiger partial charge in [-0.2, -0.15) is 0 Å². The fraction of sp³-hybridized carbons (Fsp3) is 0.381. The average molecular weight is 424 g/mol. The van der Waals surface area contributed by atoms with Gasteiger partial charge in [-0.25, -0.2) is 0 Å². The number of rotatable bonds is 6. The normalized spacial score (nSPS) is 16.3. The van der Waals surface area contributed by atoms with Crippen LogP contribution in [-0.4, -0.2) is 49.8 Å². The first-order chi connectivity index (χ1) is 13.5. The minimum atomic E-state index is -0.143. The van der Waals surface area contributed by atoms with E-state index in [9.17, 15) is 9.90 Å². The number of halogens is 2. The monoisotopic (exact) mass is 423 g/mol. The van der Waals surface area contributed by atoms with Gasteiger partial charge in [0.2, 0.25) is 0 Å². The van der Waals surface area contributed by atoms with Gasteiger partial charge in [0.05, 0.1) is 24.3 Å². The van der Waals surface area contributed by atoms with Crippen LogP contribution in [-0.2, 0) is 0 Å². The summed E-state index contributed by atoms with van der Waals surface area (Å²) in [6, 6.07) is 8.89. The number of hydrogen-bond donors (Lipinski definition) is 1. The van der Waals surface area contributed by atoms with E-state index in [0.717, 1.165) is 17.5 Å². The van der Waals surface area contributed by atoms with Crippen molar-refractivity contribution in [1.82, 2.24) is 4.90 Å². The molecule has 1 amide bonds. The molecule has 0 radical (unpaired) electrons. The van der Waals surface area contributed by atoms with Crippen LogP contribution < -0.4 is 9.47 Å². The predicted octanol–water partition coefficient (Wildman–Crippen LogP) is 4.52. The van der Waals surface area contributed by atoms with Crippen molar-refractivity contribution in [3.63, 3.8) is 0 Å². The lowest BCUT2D eigenvalue weighted by Crippen LogP contribution is -2.29. The van der Waals surface area contributed by atoms with E-state index < -0.39 is 0 Å². The van der Waals surface area contributed by atoms with Crippen LogP contribution in [0.15, 0.2) is 30.3 Å². The maximum Gasteiger partial charge on any atom is 0.261 e. The van der Waals surface area contributed by atoms with E-state index in [2.05, 4.69) is 0 Å². The molecule has 7 heteroatoms. The number of aliphatic hydroxyl groups excluding tert-OH is 1. The molecule has 3 rings (SSSR count). The fourth-order valence-electron chi connectivity index (χ4n) is 3.63. The van der Waals surface area contributed by atoms with Crippen molar-refractivity contribution >= 4 is 29.1 Å². The number of methoxy groups -OCH3 is 2. The molecule has 1 unspecified atom stereocenters. The summed E-state index contributed by atoms with van der Waals surface area (Å²) in [5.74, 6) is 1.06. The van der Waals surface area contributed by atoms with Crippen LogP contribution in [0.2, 0.25) is 10.0 Å². The van der Waals surface area contributed by atoms with Gasteiger partial charge in [0.15, 0.2) is 0 Å². The molecule has 1 atom stereocenters. The number of carbonyl (C=O) groups is 1. The van der Waals surface area contributed by atoms with Crippen molar-refractivity contribution in [2.45, 2.75) is 12.8 Å². The third-order valence-corrected chi connectivity index (χ3v) is 5.84. The van der Waals surface area contributed by atoms with E-state index in [1.165, 1.54) is 14.2 Å². The first-order valence-electron chi connectivity index (χ1n) is 9.10. The van der Waals surface area contributed by atoms with E-state index in [1.807, 2.05) is 12.1 Å². The van der Waals surface area contributed by atoms with E-state index in [0.29, 0.717) is 52.5 Å². The largest absolute Gasteiger partial charge is 0.496 e. The van der Waals surface area contributed by atoms with Gasteiger partial charge in [-0.3, -0.25) is 4.79 Å². The van der Waals surface area contributed by atoms with E-state index in [4.69, 9.17) is 32.7 Å². The highest BCUT2D eigenvalue weighted by Gasteiger charge is 2.31. The number of ether oxygens (including phenoxy) is 2. The fourth-order valence-corrected chi connectivity index (χ4v) is 3.93. The maximum atomic E-state index is 13.3. The molecule has 150 valence electrons. The predicted molar refractivity (Wildman–Crippen MR) is 111 cm³/mol. The molecule has 1 N–H and O–H groups in total. The number of aliphatic hydroxyl groups is 1. The molecule has 1 saturated heterocycles. The quantitative estimate of drug-likeness (QED) is 0.741. The zero-order valence-corrected chi connectivity index (χ0v) is 17.4. The molecular formula is C21H23Cl2NO4. The Balaban J connectivity index is 2.04. The molecule has 28 heavy (non-hydrogen) atoms. The second-order valence-corrected chi connectivity index (χ2v) is 7.59. The van der Waals surface area contributed by atoms with E-state index in [-0.39, 0.29) is 12.5 Å². The van der Waals surface area contributed by atoms with Crippen molar-refractivity contribution < 1.29 is 19.4 Å². The number of amides is 1. The molecular weight excluding hydrogens is 401 g/mol. The highest BCUT2D eigenvalue weighted by molar-refractivity contribution is 6.42. The molecule has 0 bridgehead atoms. The number of benzene rings is 2. The van der Waals surface area contributed by atoms with Gasteiger partial charge < -0.3 is 19.5 Å². The molecule has 0 spiro atoms. The number of carbonyl (C=O) groups excluding carboxylic acids is 1. The van der Waals surface area contributed by atoms with Gasteiger partial charge in [-0.1, -0.05) is 29.3 Å². The number of nitrogens with zero attached hydrogens (tertiary/aromatic N) is 1. The summed E-state index contributed by atoms with van der Waals surface area (Å²) in [5, 5.41) is 10.1. The van der Waals surface area contributed by atoms with Crippen LogP contribution in [0.1, 0.15) is 23.2 Å². The Hall–Kier alpha value is -1.95. The van der Waals surface area contributed by atoms with Gasteiger partial charge in [-0.05, 0) is 48.6 Å². The van der Waals surface area contributed by atoms with E-state index in [1.54, 1.807) is 23.1 Å². The van der Waals surface area contributed by atoms with Gasteiger partial charge in [0.25, 0.3) is 5.91 Å². The molecule has 2 aromatic carbocycles. The van der Waals surface area contributed by atoms with Gasteiger partial charge in [0, 0.05) is 25.3 Å². The van der Waals surface area contributed by atoms with Crippen molar-refractivity contribution in [3.8, 4) is 22.6 Å². The van der Waals surface area contributed by atoms with E-state index >= 15 is 0 Å². The Morgan fingerprint density at radius 1 is 1.18 bits per heavy atom. The average Bonchev–Trinajstić information content (AvgIpc) is 3.17. The summed E-state index contributed by atoms with van der Waals surface area (Å²) in [4.78, 5) is 15.1. The Morgan fingerprint density at radius 2 is 1.96 bits per heavy atom. The molecule has 0 saturated carbocycles. The van der Waals surface area contributed by atoms with Crippen LogP contribution in [0, 0.1) is 5.92 Å². The summed E-state index contributed by atoms with van der Waals surface area (Å²) in [7, 11) is 3.06. The van der Waals surface area contributed by atoms with Crippen LogP contribution in [0.3, 0.4) is 0 Å². The first kappa shape index (κ1) is 20.8. The van der Waals surface area contributed by atoms with Crippen molar-refractivity contribution in [2.24, 2.45) is 5.92 Å². The smallest absolute Gasteiger partial charge is 0.261 e. The Morgan fingerprint density at radius 3 is 2.61 bits per heavy atom. The third kappa shape index (κ3) is 4.07. The number of hydrogen-bond acceptors (Lipinski definition) is 4. The molecule has 1 heterocycles. The van der Waals surface area contributed by atoms with Crippen molar-refractivity contribution in [3.05, 3.63) is 45.9 Å². The second kappa shape index (κ2) is 9.03. The lowest BCUT2D eigenvalue weighted by Gasteiger charge is -2.22. The highest BCUT2D eigenvalue weighted by Crippen LogP contribution is 2.41. The Kier molecular flexibility index (Phi) is 6.70. The molecule has 2 aromatic rings. The topological polar surface area (TPSA) is 59.0 Å². The zero-order chi connectivity index (χ0) is 20.3. The molecule has 1 fully saturated rings. The highest BCUT2D eigenvalue weighted by atomic mass is 35.5. The zero-order valence-electron chi connectivity index (χ0n) is 15.9. The maximum absolute atomic E-state index is 13.3. The molecule has 0 aromatic heterocycles. The third-order valence-electron chi connectivity index (χ3n) is 5.10. The molecule has 5 nitrogen and oxygen atoms in total. The molecule has 1 aliphatic heterocycles. The van der Waals surface area contributed by atoms with Crippen LogP contribution in [0.5, 0.6) is 11.5 Å². The Labute approximate surface area is 174 Å². The van der Waals surface area contributed by atoms with Crippen LogP contribution in [0.25, 0.3) is 11.1 Å². The summed E-state index contributed by atoms with van der Waals surface area (Å²) >= 11 is 12.2. The Bertz CT molecular complexity index is 872. The first-order valence-corrected chi connectivity index (χ1v) is 9.86. The summed E-state index contributed by atoms with van der Waals surface area (Å²) in [6.07, 6.45) is 1.57. The lowest BCUT2D eigenvalue weighted by atomic mass is 9.99. The van der Waals surface area contributed by atoms with Gasteiger partial charge >= 0.3 is 0 Å². The number of likely N-dealkylation sites (tertiary alicyclic amines) is 1. The van der Waals surface area contributed by atoms with Crippen LogP contribution >= 0.6 is 23.2 Å². The van der Waals surface area contributed by atoms with Gasteiger partial charge in [0.1, 0.15) is 17.1 Å². The summed E-state index contributed by atoms with van der Waals surface area (Å²) in [5.41, 5.74) is 1.91. The lowest BCUT2D eigenvalue weighted by molar-refractivity contribution is 0.0778. The molecule has 0 aliphatic carbocycles. The van der Waals surface area contributed by atoms with Gasteiger partial charge in [-0.15, -0.1) is 0 Å². The van der Waals surface area contributed by atoms with Crippen LogP contribution in [0.4, 0.5) is 0 Å². The summed E-state index contributed by atoms with van der Waals surface area (Å²) in [6.45, 7) is 1.39. The van der Waals surface area contributed by atoms with Crippen molar-refractivity contribution in [2.75, 3.05) is 33.9 Å². The molecule has 1 aliphatic rings. The van der Waals surface area contributed by atoms with Crippen molar-refractivity contribution in [1.29, 1.82) is 0 Å². The minimum Gasteiger partial charge on any atom is -0.496 e.